The molecule has 2 heterocycles. The first-order valence-corrected chi connectivity index (χ1v) is 10.1. The third kappa shape index (κ3) is 4.85. The molecule has 1 amide bonds. The number of rotatable bonds is 8. The molecule has 30 heavy (non-hydrogen) atoms. The largest absolute Gasteiger partial charge is 0.462 e. The highest BCUT2D eigenvalue weighted by atomic mass is 32.1. The number of carbonyl (C=O) groups excluding carboxylic acids is 4. The van der Waals surface area contributed by atoms with Gasteiger partial charge in [-0.2, -0.15) is 5.10 Å². The van der Waals surface area contributed by atoms with Crippen molar-refractivity contribution in [2.24, 2.45) is 7.05 Å². The summed E-state index contributed by atoms with van der Waals surface area (Å²) in [4.78, 5) is 49.5. The summed E-state index contributed by atoms with van der Waals surface area (Å²) in [6.07, 6.45) is 0. The van der Waals surface area contributed by atoms with Gasteiger partial charge in [-0.1, -0.05) is 0 Å². The van der Waals surface area contributed by atoms with Crippen LogP contribution in [-0.4, -0.2) is 53.4 Å². The van der Waals surface area contributed by atoms with Crippen molar-refractivity contribution in [3.63, 3.8) is 0 Å². The second kappa shape index (κ2) is 10.0. The molecule has 0 aliphatic carbocycles. The SMILES string of the molecule is CCOC(=O)c1sc(NC(=O)c2cc(C(=O)OCC)n(C)n2)c(C(=O)OCC)c1C. The number of ether oxygens (including phenoxy) is 3. The summed E-state index contributed by atoms with van der Waals surface area (Å²) in [5.41, 5.74) is 0.460. The van der Waals surface area contributed by atoms with Gasteiger partial charge < -0.3 is 19.5 Å². The van der Waals surface area contributed by atoms with Gasteiger partial charge in [0.1, 0.15) is 15.6 Å². The van der Waals surface area contributed by atoms with Gasteiger partial charge in [-0.3, -0.25) is 9.48 Å². The summed E-state index contributed by atoms with van der Waals surface area (Å²) in [5.74, 6) is -2.56. The van der Waals surface area contributed by atoms with Crippen molar-refractivity contribution in [2.45, 2.75) is 27.7 Å². The molecule has 0 aliphatic heterocycles. The summed E-state index contributed by atoms with van der Waals surface area (Å²) in [7, 11) is 1.50. The van der Waals surface area contributed by atoms with E-state index in [-0.39, 0.29) is 46.7 Å². The lowest BCUT2D eigenvalue weighted by atomic mass is 10.1. The Morgan fingerprint density at radius 2 is 1.57 bits per heavy atom. The molecule has 2 rings (SSSR count). The van der Waals surface area contributed by atoms with Gasteiger partial charge in [-0.05, 0) is 33.3 Å². The lowest BCUT2D eigenvalue weighted by Crippen LogP contribution is -2.15. The lowest BCUT2D eigenvalue weighted by Gasteiger charge is -2.06. The first-order chi connectivity index (χ1) is 14.2. The van der Waals surface area contributed by atoms with Gasteiger partial charge in [0, 0.05) is 13.1 Å². The Morgan fingerprint density at radius 3 is 2.17 bits per heavy atom. The van der Waals surface area contributed by atoms with Crippen LogP contribution in [-0.2, 0) is 21.3 Å². The van der Waals surface area contributed by atoms with Crippen molar-refractivity contribution in [3.8, 4) is 0 Å². The number of anilines is 1. The first kappa shape index (κ1) is 23.1. The summed E-state index contributed by atoms with van der Waals surface area (Å²) < 4.78 is 16.2. The van der Waals surface area contributed by atoms with E-state index in [4.69, 9.17) is 14.2 Å². The van der Waals surface area contributed by atoms with Gasteiger partial charge in [0.25, 0.3) is 5.91 Å². The molecule has 2 aromatic rings. The minimum atomic E-state index is -0.676. The van der Waals surface area contributed by atoms with E-state index in [1.54, 1.807) is 27.7 Å². The third-order valence-electron chi connectivity index (χ3n) is 3.91. The minimum absolute atomic E-state index is 0.0564. The second-order valence-corrected chi connectivity index (χ2v) is 6.93. The zero-order valence-corrected chi connectivity index (χ0v) is 18.2. The molecule has 0 atom stereocenters. The molecule has 0 spiro atoms. The summed E-state index contributed by atoms with van der Waals surface area (Å²) in [6.45, 7) is 7.02. The monoisotopic (exact) mass is 437 g/mol. The summed E-state index contributed by atoms with van der Waals surface area (Å²) in [6, 6.07) is 1.28. The van der Waals surface area contributed by atoms with Crippen molar-refractivity contribution in [3.05, 3.63) is 33.5 Å². The van der Waals surface area contributed by atoms with E-state index in [2.05, 4.69) is 10.4 Å². The van der Waals surface area contributed by atoms with Gasteiger partial charge >= 0.3 is 17.9 Å². The summed E-state index contributed by atoms with van der Waals surface area (Å²) >= 11 is 0.903. The molecule has 11 heteroatoms. The number of aromatic nitrogens is 2. The summed E-state index contributed by atoms with van der Waals surface area (Å²) in [5, 5.41) is 6.72. The molecule has 0 fully saturated rings. The van der Waals surface area contributed by atoms with Crippen LogP contribution in [0.2, 0.25) is 0 Å². The fourth-order valence-corrected chi connectivity index (χ4v) is 3.67. The van der Waals surface area contributed by atoms with Gasteiger partial charge in [0.2, 0.25) is 0 Å². The molecule has 0 radical (unpaired) electrons. The van der Waals surface area contributed by atoms with Crippen molar-refractivity contribution in [2.75, 3.05) is 25.1 Å². The van der Waals surface area contributed by atoms with Gasteiger partial charge in [0.05, 0.1) is 25.4 Å². The van der Waals surface area contributed by atoms with E-state index in [0.29, 0.717) is 5.56 Å². The maximum Gasteiger partial charge on any atom is 0.356 e. The van der Waals surface area contributed by atoms with E-state index in [0.717, 1.165) is 11.3 Å². The molecule has 0 aromatic carbocycles. The van der Waals surface area contributed by atoms with Crippen molar-refractivity contribution in [1.82, 2.24) is 9.78 Å². The van der Waals surface area contributed by atoms with E-state index < -0.39 is 23.8 Å². The van der Waals surface area contributed by atoms with Crippen molar-refractivity contribution >= 4 is 40.2 Å². The van der Waals surface area contributed by atoms with Crippen LogP contribution < -0.4 is 5.32 Å². The van der Waals surface area contributed by atoms with Crippen molar-refractivity contribution in [1.29, 1.82) is 0 Å². The molecule has 0 saturated carbocycles. The Kier molecular flexibility index (Phi) is 7.70. The third-order valence-corrected chi connectivity index (χ3v) is 5.10. The smallest absolute Gasteiger partial charge is 0.356 e. The number of hydrogen-bond donors (Lipinski definition) is 1. The number of hydrogen-bond acceptors (Lipinski definition) is 9. The van der Waals surface area contributed by atoms with E-state index >= 15 is 0 Å². The van der Waals surface area contributed by atoms with Crippen molar-refractivity contribution < 1.29 is 33.4 Å². The first-order valence-electron chi connectivity index (χ1n) is 9.25. The molecule has 0 aliphatic rings. The highest BCUT2D eigenvalue weighted by Gasteiger charge is 2.28. The number of nitrogens with one attached hydrogen (secondary N) is 1. The van der Waals surface area contributed by atoms with Crippen LogP contribution in [0, 0.1) is 6.92 Å². The van der Waals surface area contributed by atoms with Crippen LogP contribution in [0.5, 0.6) is 0 Å². The van der Waals surface area contributed by atoms with Gasteiger partial charge in [0.15, 0.2) is 5.69 Å². The van der Waals surface area contributed by atoms with Crippen LogP contribution >= 0.6 is 11.3 Å². The standard InChI is InChI=1S/C19H23N3O7S/c1-6-27-17(24)12-9-11(21-22(12)5)15(23)20-16-13(18(25)28-7-2)10(4)14(30-16)19(26)29-8-3/h9H,6-8H2,1-5H3,(H,20,23). The predicted octanol–water partition coefficient (Wildman–Crippen LogP) is 2.57. The fraction of sp³-hybridized carbons (Fsp3) is 0.421. The number of nitrogens with zero attached hydrogens (tertiary/aromatic N) is 2. The van der Waals surface area contributed by atoms with Gasteiger partial charge in [-0.15, -0.1) is 11.3 Å². The molecule has 2 aromatic heterocycles. The van der Waals surface area contributed by atoms with E-state index in [1.165, 1.54) is 17.8 Å². The topological polar surface area (TPSA) is 126 Å². The number of amides is 1. The molecule has 1 N–H and O–H groups in total. The van der Waals surface area contributed by atoms with Gasteiger partial charge in [-0.25, -0.2) is 14.4 Å². The molecule has 0 saturated heterocycles. The van der Waals surface area contributed by atoms with Crippen LogP contribution in [0.25, 0.3) is 0 Å². The molecule has 0 bridgehead atoms. The molecule has 162 valence electrons. The molecule has 10 nitrogen and oxygen atoms in total. The molecular formula is C19H23N3O7S. The Labute approximate surface area is 177 Å². The molecule has 0 unspecified atom stereocenters. The molecular weight excluding hydrogens is 414 g/mol. The number of aryl methyl sites for hydroxylation is 1. The maximum atomic E-state index is 12.7. The Balaban J connectivity index is 2.39. The van der Waals surface area contributed by atoms with E-state index in [9.17, 15) is 19.2 Å². The van der Waals surface area contributed by atoms with Crippen LogP contribution in [0.15, 0.2) is 6.07 Å². The zero-order chi connectivity index (χ0) is 22.4. The Bertz CT molecular complexity index is 977. The highest BCUT2D eigenvalue weighted by Crippen LogP contribution is 2.34. The fourth-order valence-electron chi connectivity index (χ4n) is 2.58. The predicted molar refractivity (Wildman–Crippen MR) is 108 cm³/mol. The normalized spacial score (nSPS) is 10.4. The maximum absolute atomic E-state index is 12.7. The zero-order valence-electron chi connectivity index (χ0n) is 17.4. The van der Waals surface area contributed by atoms with Crippen LogP contribution in [0.3, 0.4) is 0 Å². The number of thiophene rings is 1. The number of carbonyl (C=O) groups is 4. The Hall–Kier alpha value is -3.21. The average molecular weight is 437 g/mol. The van der Waals surface area contributed by atoms with Crippen LogP contribution in [0.4, 0.5) is 5.00 Å². The van der Waals surface area contributed by atoms with E-state index in [1.807, 2.05) is 0 Å². The highest BCUT2D eigenvalue weighted by molar-refractivity contribution is 7.18. The minimum Gasteiger partial charge on any atom is -0.462 e. The average Bonchev–Trinajstić information content (AvgIpc) is 3.22. The second-order valence-electron chi connectivity index (χ2n) is 5.91. The Morgan fingerprint density at radius 1 is 1.00 bits per heavy atom. The van der Waals surface area contributed by atoms with Crippen LogP contribution in [0.1, 0.15) is 67.3 Å². The quantitative estimate of drug-likeness (QED) is 0.493. The lowest BCUT2D eigenvalue weighted by molar-refractivity contribution is 0.0505. The number of esters is 3.